The molecule has 0 N–H and O–H groups in total. The van der Waals surface area contributed by atoms with Crippen LogP contribution in [0.3, 0.4) is 0 Å². The van der Waals surface area contributed by atoms with E-state index in [1.807, 2.05) is 15.9 Å². The van der Waals surface area contributed by atoms with Crippen molar-refractivity contribution in [3.63, 3.8) is 0 Å². The highest BCUT2D eigenvalue weighted by Crippen LogP contribution is 2.28. The van der Waals surface area contributed by atoms with Gasteiger partial charge in [0.2, 0.25) is 5.78 Å². The second-order valence-corrected chi connectivity index (χ2v) is 4.19. The summed E-state index contributed by atoms with van der Waals surface area (Å²) in [7, 11) is 0. The number of ketones is 1. The zero-order valence-electron chi connectivity index (χ0n) is 7.15. The fourth-order valence-electron chi connectivity index (χ4n) is 0.898. The van der Waals surface area contributed by atoms with Crippen LogP contribution in [0, 0.1) is 6.92 Å². The molecule has 5 heteroatoms. The topological polar surface area (TPSA) is 17.1 Å². The minimum absolute atomic E-state index is 0.109. The molecule has 0 radical (unpaired) electrons. The average Bonchev–Trinajstić information content (AvgIpc) is 2.07. The van der Waals surface area contributed by atoms with Crippen LogP contribution in [0.1, 0.15) is 15.9 Å². The van der Waals surface area contributed by atoms with Crippen molar-refractivity contribution in [1.29, 1.82) is 0 Å². The molecule has 0 bridgehead atoms. The first-order valence-corrected chi connectivity index (χ1v) is 4.87. The molecular formula is C9H6BrClF2O. The minimum atomic E-state index is -3.54. The van der Waals surface area contributed by atoms with Gasteiger partial charge in [0.1, 0.15) is 0 Å². The highest BCUT2D eigenvalue weighted by Gasteiger charge is 2.35. The molecule has 1 rings (SSSR count). The van der Waals surface area contributed by atoms with Crippen LogP contribution in [0.25, 0.3) is 0 Å². The smallest absolute Gasteiger partial charge is 0.286 e. The first-order chi connectivity index (χ1) is 6.32. The van der Waals surface area contributed by atoms with E-state index >= 15 is 0 Å². The number of hydrogen-bond acceptors (Lipinski definition) is 1. The second-order valence-electron chi connectivity index (χ2n) is 2.79. The van der Waals surface area contributed by atoms with Gasteiger partial charge in [-0.25, -0.2) is 0 Å². The molecule has 0 atom stereocenters. The number of alkyl halides is 3. The van der Waals surface area contributed by atoms with E-state index < -0.39 is 10.6 Å². The van der Waals surface area contributed by atoms with Gasteiger partial charge in [-0.3, -0.25) is 4.79 Å². The van der Waals surface area contributed by atoms with Crippen molar-refractivity contribution in [3.05, 3.63) is 34.3 Å². The Balaban J connectivity index is 3.10. The Hall–Kier alpha value is -0.480. The van der Waals surface area contributed by atoms with Gasteiger partial charge in [-0.05, 0) is 34.5 Å². The highest BCUT2D eigenvalue weighted by atomic mass is 79.9. The molecule has 14 heavy (non-hydrogen) atoms. The SMILES string of the molecule is Cc1ccc(C(=O)C(F)(F)Br)cc1Cl. The minimum Gasteiger partial charge on any atom is -0.286 e. The fourth-order valence-corrected chi connectivity index (χ4v) is 1.31. The zero-order chi connectivity index (χ0) is 10.9. The third kappa shape index (κ3) is 2.51. The van der Waals surface area contributed by atoms with Gasteiger partial charge in [-0.15, -0.1) is 0 Å². The Bertz CT molecular complexity index is 374. The molecule has 0 aromatic heterocycles. The van der Waals surface area contributed by atoms with Crippen LogP contribution in [-0.2, 0) is 0 Å². The Morgan fingerprint density at radius 3 is 2.50 bits per heavy atom. The first kappa shape index (κ1) is 11.6. The molecule has 0 spiro atoms. The summed E-state index contributed by atoms with van der Waals surface area (Å²) in [5, 5.41) is 0.299. The summed E-state index contributed by atoms with van der Waals surface area (Å²) in [6, 6.07) is 4.07. The van der Waals surface area contributed by atoms with Gasteiger partial charge >= 0.3 is 4.83 Å². The van der Waals surface area contributed by atoms with Crippen LogP contribution in [0.15, 0.2) is 18.2 Å². The van der Waals surface area contributed by atoms with E-state index in [0.717, 1.165) is 5.56 Å². The summed E-state index contributed by atoms with van der Waals surface area (Å²) in [6.45, 7) is 1.73. The van der Waals surface area contributed by atoms with Gasteiger partial charge in [0, 0.05) is 10.6 Å². The predicted octanol–water partition coefficient (Wildman–Crippen LogP) is 3.82. The molecule has 0 saturated carbocycles. The maximum atomic E-state index is 12.6. The molecule has 76 valence electrons. The lowest BCUT2D eigenvalue weighted by atomic mass is 10.1. The molecule has 1 nitrogen and oxygen atoms in total. The van der Waals surface area contributed by atoms with Crippen LogP contribution in [0.4, 0.5) is 8.78 Å². The number of Topliss-reactive ketones (excluding diaryl/α,β-unsaturated/α-hetero) is 1. The van der Waals surface area contributed by atoms with Crippen LogP contribution in [0.5, 0.6) is 0 Å². The largest absolute Gasteiger partial charge is 0.363 e. The maximum absolute atomic E-state index is 12.6. The van der Waals surface area contributed by atoms with Gasteiger partial charge in [0.05, 0.1) is 0 Å². The molecule has 0 unspecified atom stereocenters. The summed E-state index contributed by atoms with van der Waals surface area (Å²) >= 11 is 7.69. The number of aryl methyl sites for hydroxylation is 1. The number of carbonyl (C=O) groups is 1. The normalized spacial score (nSPS) is 11.5. The van der Waals surface area contributed by atoms with E-state index in [1.54, 1.807) is 6.92 Å². The van der Waals surface area contributed by atoms with Gasteiger partial charge in [0.25, 0.3) is 0 Å². The van der Waals surface area contributed by atoms with Gasteiger partial charge in [0.15, 0.2) is 0 Å². The molecule has 0 saturated heterocycles. The first-order valence-electron chi connectivity index (χ1n) is 3.70. The number of halogens is 4. The van der Waals surface area contributed by atoms with Crippen molar-refractivity contribution in [3.8, 4) is 0 Å². The Kier molecular flexibility index (Phi) is 3.27. The summed E-state index contributed by atoms with van der Waals surface area (Å²) in [4.78, 5) is 7.54. The average molecular weight is 283 g/mol. The standard InChI is InChI=1S/C9H6BrClF2O/c1-5-2-3-6(4-7(5)11)8(14)9(10,12)13/h2-4H,1H3. The van der Waals surface area contributed by atoms with Crippen LogP contribution in [-0.4, -0.2) is 10.6 Å². The molecule has 0 aliphatic heterocycles. The van der Waals surface area contributed by atoms with E-state index in [9.17, 15) is 13.6 Å². The van der Waals surface area contributed by atoms with Crippen molar-refractivity contribution < 1.29 is 13.6 Å². The fraction of sp³-hybridized carbons (Fsp3) is 0.222. The lowest BCUT2D eigenvalue weighted by molar-refractivity contribution is 0.0592. The van der Waals surface area contributed by atoms with E-state index in [1.165, 1.54) is 18.2 Å². The third-order valence-corrected chi connectivity index (χ3v) is 2.46. The Morgan fingerprint density at radius 1 is 1.50 bits per heavy atom. The van der Waals surface area contributed by atoms with Gasteiger partial charge in [-0.1, -0.05) is 23.7 Å². The Labute approximate surface area is 93.2 Å². The van der Waals surface area contributed by atoms with Crippen molar-refractivity contribution in [2.75, 3.05) is 0 Å². The Morgan fingerprint density at radius 2 is 2.07 bits per heavy atom. The van der Waals surface area contributed by atoms with E-state index in [2.05, 4.69) is 0 Å². The zero-order valence-corrected chi connectivity index (χ0v) is 9.49. The lowest BCUT2D eigenvalue weighted by Gasteiger charge is -2.07. The molecule has 0 fully saturated rings. The number of rotatable bonds is 2. The molecule has 0 aliphatic rings. The van der Waals surface area contributed by atoms with E-state index in [4.69, 9.17) is 11.6 Å². The molecule has 0 heterocycles. The highest BCUT2D eigenvalue weighted by molar-refractivity contribution is 9.10. The molecule has 0 amide bonds. The molecule has 1 aromatic carbocycles. The van der Waals surface area contributed by atoms with Crippen LogP contribution < -0.4 is 0 Å². The number of hydrogen-bond donors (Lipinski definition) is 0. The van der Waals surface area contributed by atoms with Gasteiger partial charge in [-0.2, -0.15) is 8.78 Å². The van der Waals surface area contributed by atoms with Crippen molar-refractivity contribution >= 4 is 33.3 Å². The summed E-state index contributed by atoms with van der Waals surface area (Å²) < 4.78 is 25.1. The van der Waals surface area contributed by atoms with Crippen molar-refractivity contribution in [1.82, 2.24) is 0 Å². The summed E-state index contributed by atoms with van der Waals surface area (Å²) in [5.41, 5.74) is 0.628. The molecule has 1 aromatic rings. The maximum Gasteiger partial charge on any atom is 0.363 e. The summed E-state index contributed by atoms with van der Waals surface area (Å²) in [6.07, 6.45) is 0. The van der Waals surface area contributed by atoms with Crippen LogP contribution in [0.2, 0.25) is 5.02 Å². The van der Waals surface area contributed by atoms with Crippen molar-refractivity contribution in [2.45, 2.75) is 11.8 Å². The number of benzene rings is 1. The van der Waals surface area contributed by atoms with Crippen LogP contribution >= 0.6 is 27.5 Å². The predicted molar refractivity (Wildman–Crippen MR) is 54.4 cm³/mol. The summed E-state index contributed by atoms with van der Waals surface area (Å²) in [5.74, 6) is -1.29. The quantitative estimate of drug-likeness (QED) is 0.596. The third-order valence-electron chi connectivity index (χ3n) is 1.69. The van der Waals surface area contributed by atoms with E-state index in [-0.39, 0.29) is 5.56 Å². The van der Waals surface area contributed by atoms with E-state index in [0.29, 0.717) is 5.02 Å². The van der Waals surface area contributed by atoms with Gasteiger partial charge < -0.3 is 0 Å². The molecule has 0 aliphatic carbocycles. The second kappa shape index (κ2) is 3.95. The van der Waals surface area contributed by atoms with Crippen molar-refractivity contribution in [2.24, 2.45) is 0 Å². The molecular weight excluding hydrogens is 277 g/mol. The monoisotopic (exact) mass is 282 g/mol. The number of carbonyl (C=O) groups excluding carboxylic acids is 1. The lowest BCUT2D eigenvalue weighted by Crippen LogP contribution is -2.20.